The van der Waals surface area contributed by atoms with Gasteiger partial charge in [0.25, 0.3) is 0 Å². The van der Waals surface area contributed by atoms with Crippen molar-refractivity contribution in [3.8, 4) is 0 Å². The molecule has 1 aromatic heterocycles. The van der Waals surface area contributed by atoms with Crippen molar-refractivity contribution in [1.29, 1.82) is 0 Å². The first-order valence-electron chi connectivity index (χ1n) is 6.78. The van der Waals surface area contributed by atoms with Gasteiger partial charge < -0.3 is 10.1 Å². The van der Waals surface area contributed by atoms with Crippen LogP contribution in [-0.4, -0.2) is 17.1 Å². The number of halogens is 1. The number of anilines is 2. The summed E-state index contributed by atoms with van der Waals surface area (Å²) in [5, 5.41) is 3.32. The van der Waals surface area contributed by atoms with Crippen molar-refractivity contribution in [2.75, 3.05) is 12.4 Å². The molecule has 0 saturated heterocycles. The molecule has 1 aromatic carbocycles. The minimum absolute atomic E-state index is 0.0991. The molecule has 0 radical (unpaired) electrons. The summed E-state index contributed by atoms with van der Waals surface area (Å²) in [6.45, 7) is 6.88. The smallest absolute Gasteiger partial charge is 0.137 e. The summed E-state index contributed by atoms with van der Waals surface area (Å²) in [6.07, 6.45) is 0. The van der Waals surface area contributed by atoms with E-state index in [4.69, 9.17) is 4.74 Å². The maximum absolute atomic E-state index is 5.16. The van der Waals surface area contributed by atoms with Crippen molar-refractivity contribution in [1.82, 2.24) is 9.97 Å². The van der Waals surface area contributed by atoms with Gasteiger partial charge in [-0.2, -0.15) is 0 Å². The molecule has 0 spiro atoms. The number of nitrogens with one attached hydrogen (secondary N) is 1. The van der Waals surface area contributed by atoms with Crippen LogP contribution < -0.4 is 5.32 Å². The van der Waals surface area contributed by atoms with Crippen LogP contribution in [0.5, 0.6) is 0 Å². The molecule has 0 atom stereocenters. The van der Waals surface area contributed by atoms with Crippen LogP contribution in [0.3, 0.4) is 0 Å². The molecule has 2 rings (SSSR count). The van der Waals surface area contributed by atoms with E-state index in [1.165, 1.54) is 0 Å². The van der Waals surface area contributed by atoms with Crippen molar-refractivity contribution in [2.24, 2.45) is 0 Å². The molecule has 5 heteroatoms. The fourth-order valence-electron chi connectivity index (χ4n) is 1.87. The van der Waals surface area contributed by atoms with Gasteiger partial charge in [0.05, 0.1) is 6.61 Å². The highest BCUT2D eigenvalue weighted by Crippen LogP contribution is 2.24. The molecular formula is C16H20BrN3O. The first kappa shape index (κ1) is 15.9. The average Bonchev–Trinajstić information content (AvgIpc) is 2.38. The number of hydrogen-bond donors (Lipinski definition) is 1. The summed E-state index contributed by atoms with van der Waals surface area (Å²) in [6, 6.07) is 9.96. The molecule has 1 heterocycles. The Hall–Kier alpha value is -1.46. The Morgan fingerprint density at radius 1 is 1.19 bits per heavy atom. The van der Waals surface area contributed by atoms with Crippen molar-refractivity contribution in [3.05, 3.63) is 46.3 Å². The molecule has 0 fully saturated rings. The normalized spacial score (nSPS) is 11.5. The lowest BCUT2D eigenvalue weighted by Gasteiger charge is -2.18. The number of aromatic nitrogens is 2. The van der Waals surface area contributed by atoms with E-state index in [0.717, 1.165) is 27.5 Å². The van der Waals surface area contributed by atoms with E-state index in [1.807, 2.05) is 24.3 Å². The summed E-state index contributed by atoms with van der Waals surface area (Å²) >= 11 is 3.45. The molecule has 112 valence electrons. The average molecular weight is 350 g/mol. The minimum Gasteiger partial charge on any atom is -0.380 e. The number of rotatable bonds is 4. The van der Waals surface area contributed by atoms with E-state index in [2.05, 4.69) is 58.1 Å². The molecule has 0 bridgehead atoms. The Morgan fingerprint density at radius 2 is 1.95 bits per heavy atom. The van der Waals surface area contributed by atoms with Gasteiger partial charge in [-0.05, 0) is 33.6 Å². The summed E-state index contributed by atoms with van der Waals surface area (Å²) in [5.74, 6) is 1.57. The molecule has 0 amide bonds. The van der Waals surface area contributed by atoms with Crippen LogP contribution in [0.4, 0.5) is 11.5 Å². The van der Waals surface area contributed by atoms with Gasteiger partial charge in [0.1, 0.15) is 16.2 Å². The quantitative estimate of drug-likeness (QED) is 0.829. The van der Waals surface area contributed by atoms with Crippen LogP contribution in [-0.2, 0) is 16.8 Å². The van der Waals surface area contributed by atoms with Gasteiger partial charge >= 0.3 is 0 Å². The zero-order valence-electron chi connectivity index (χ0n) is 12.8. The van der Waals surface area contributed by atoms with Gasteiger partial charge in [-0.25, -0.2) is 9.97 Å². The van der Waals surface area contributed by atoms with Crippen LogP contribution in [0.25, 0.3) is 0 Å². The van der Waals surface area contributed by atoms with Crippen molar-refractivity contribution >= 4 is 27.4 Å². The molecule has 0 aliphatic rings. The van der Waals surface area contributed by atoms with E-state index in [9.17, 15) is 0 Å². The van der Waals surface area contributed by atoms with E-state index in [0.29, 0.717) is 6.61 Å². The zero-order valence-corrected chi connectivity index (χ0v) is 14.4. The highest BCUT2D eigenvalue weighted by atomic mass is 79.9. The van der Waals surface area contributed by atoms with Crippen LogP contribution in [0.2, 0.25) is 0 Å². The predicted octanol–water partition coefficient (Wildman–Crippen LogP) is 4.43. The number of benzene rings is 1. The summed E-state index contributed by atoms with van der Waals surface area (Å²) in [4.78, 5) is 9.03. The second-order valence-electron chi connectivity index (χ2n) is 5.91. The highest BCUT2D eigenvalue weighted by Gasteiger charge is 2.18. The third-order valence-electron chi connectivity index (χ3n) is 2.88. The Balaban J connectivity index is 2.27. The molecule has 0 aliphatic carbocycles. The Bertz CT molecular complexity index is 623. The predicted molar refractivity (Wildman–Crippen MR) is 88.9 cm³/mol. The third-order valence-corrected chi connectivity index (χ3v) is 3.28. The lowest BCUT2D eigenvalue weighted by Crippen LogP contribution is -2.16. The van der Waals surface area contributed by atoms with Crippen LogP contribution >= 0.6 is 15.9 Å². The molecule has 21 heavy (non-hydrogen) atoms. The maximum atomic E-state index is 5.16. The zero-order chi connectivity index (χ0) is 15.5. The summed E-state index contributed by atoms with van der Waals surface area (Å²) in [7, 11) is 1.69. The van der Waals surface area contributed by atoms with Crippen molar-refractivity contribution < 1.29 is 4.74 Å². The number of ether oxygens (including phenoxy) is 1. The largest absolute Gasteiger partial charge is 0.380 e. The number of methoxy groups -OCH3 is 1. The van der Waals surface area contributed by atoms with Crippen molar-refractivity contribution in [3.63, 3.8) is 0 Å². The van der Waals surface area contributed by atoms with E-state index >= 15 is 0 Å². The fourth-order valence-corrected chi connectivity index (χ4v) is 2.26. The topological polar surface area (TPSA) is 47.0 Å². The van der Waals surface area contributed by atoms with Gasteiger partial charge in [-0.3, -0.25) is 0 Å². The van der Waals surface area contributed by atoms with Crippen molar-refractivity contribution in [2.45, 2.75) is 32.8 Å². The van der Waals surface area contributed by atoms with Crippen LogP contribution in [0.15, 0.2) is 34.9 Å². The molecule has 2 aromatic rings. The van der Waals surface area contributed by atoms with Gasteiger partial charge in [0, 0.05) is 24.3 Å². The second kappa shape index (κ2) is 6.54. The van der Waals surface area contributed by atoms with E-state index in [-0.39, 0.29) is 5.41 Å². The third kappa shape index (κ3) is 4.51. The molecule has 0 saturated carbocycles. The number of nitrogens with zero attached hydrogens (tertiary/aromatic N) is 2. The fraction of sp³-hybridized carbons (Fsp3) is 0.375. The summed E-state index contributed by atoms with van der Waals surface area (Å²) in [5.41, 5.74) is 2.00. The molecular weight excluding hydrogens is 330 g/mol. The molecule has 0 aliphatic heterocycles. The first-order valence-corrected chi connectivity index (χ1v) is 7.58. The van der Waals surface area contributed by atoms with Gasteiger partial charge in [-0.1, -0.05) is 32.9 Å². The maximum Gasteiger partial charge on any atom is 0.137 e. The second-order valence-corrected chi connectivity index (χ2v) is 6.72. The molecule has 4 nitrogen and oxygen atoms in total. The Morgan fingerprint density at radius 3 is 2.62 bits per heavy atom. The monoisotopic (exact) mass is 349 g/mol. The SMILES string of the molecule is COCc1cccc(Nc2cc(Br)nc(C(C)(C)C)n2)c1. The first-order chi connectivity index (χ1) is 9.88. The van der Waals surface area contributed by atoms with Crippen LogP contribution in [0.1, 0.15) is 32.2 Å². The standard InChI is InChI=1S/C16H20BrN3O/c1-16(2,3)15-19-13(17)9-14(20-15)18-12-7-5-6-11(8-12)10-21-4/h5-9H,10H2,1-4H3,(H,18,19,20). The Kier molecular flexibility index (Phi) is 4.96. The minimum atomic E-state index is -0.0991. The van der Waals surface area contributed by atoms with Gasteiger partial charge in [-0.15, -0.1) is 0 Å². The summed E-state index contributed by atoms with van der Waals surface area (Å²) < 4.78 is 5.93. The van der Waals surface area contributed by atoms with E-state index < -0.39 is 0 Å². The van der Waals surface area contributed by atoms with Gasteiger partial charge in [0.2, 0.25) is 0 Å². The Labute approximate surface area is 134 Å². The lowest BCUT2D eigenvalue weighted by atomic mass is 9.96. The lowest BCUT2D eigenvalue weighted by molar-refractivity contribution is 0.185. The van der Waals surface area contributed by atoms with Gasteiger partial charge in [0.15, 0.2) is 0 Å². The molecule has 1 N–H and O–H groups in total. The number of hydrogen-bond acceptors (Lipinski definition) is 4. The van der Waals surface area contributed by atoms with E-state index in [1.54, 1.807) is 7.11 Å². The highest BCUT2D eigenvalue weighted by molar-refractivity contribution is 9.10. The van der Waals surface area contributed by atoms with Crippen LogP contribution in [0, 0.1) is 0 Å². The molecule has 0 unspecified atom stereocenters.